The Bertz CT molecular complexity index is 1220. The predicted molar refractivity (Wildman–Crippen MR) is 162 cm³/mol. The zero-order valence-corrected chi connectivity index (χ0v) is 25.6. The lowest BCUT2D eigenvalue weighted by Gasteiger charge is -2.26. The molecule has 9 N–H and O–H groups in total. The Balaban J connectivity index is 3.24. The molecule has 4 atom stereocenters. The van der Waals surface area contributed by atoms with Crippen molar-refractivity contribution in [1.29, 1.82) is 0 Å². The number of azide groups is 1. The van der Waals surface area contributed by atoms with E-state index in [-0.39, 0.29) is 30.9 Å². The summed E-state index contributed by atoms with van der Waals surface area (Å²) in [5, 5.41) is 34.1. The highest BCUT2D eigenvalue weighted by Gasteiger charge is 2.31. The first-order valence-corrected chi connectivity index (χ1v) is 14.5. The van der Waals surface area contributed by atoms with Crippen LogP contribution in [0.15, 0.2) is 29.4 Å². The number of unbranched alkanes of at least 4 members (excludes halogenated alkanes) is 1. The van der Waals surface area contributed by atoms with Crippen LogP contribution in [-0.2, 0) is 35.2 Å². The van der Waals surface area contributed by atoms with E-state index < -0.39 is 72.8 Å². The number of rotatable bonds is 20. The lowest BCUT2D eigenvalue weighted by Crippen LogP contribution is -2.58. The van der Waals surface area contributed by atoms with Gasteiger partial charge >= 0.3 is 5.97 Å². The molecule has 0 saturated heterocycles. The van der Waals surface area contributed by atoms with Crippen molar-refractivity contribution in [2.24, 2.45) is 16.8 Å². The quantitative estimate of drug-likeness (QED) is 0.0400. The fourth-order valence-electron chi connectivity index (χ4n) is 4.12. The van der Waals surface area contributed by atoms with E-state index in [1.54, 1.807) is 12.1 Å². The minimum atomic E-state index is -1.26. The van der Waals surface area contributed by atoms with Crippen LogP contribution in [-0.4, -0.2) is 89.5 Å². The number of nitrogens with one attached hydrogen (secondary N) is 5. The summed E-state index contributed by atoms with van der Waals surface area (Å²) < 4.78 is 0. The number of carboxylic acids is 1. The van der Waals surface area contributed by atoms with Crippen LogP contribution in [0.3, 0.4) is 0 Å². The van der Waals surface area contributed by atoms with Crippen molar-refractivity contribution in [3.8, 4) is 5.75 Å². The molecule has 5 amide bonds. The molecule has 1 aromatic rings. The van der Waals surface area contributed by atoms with E-state index in [0.717, 1.165) is 0 Å². The number of carboxylic acid groups (broad SMARTS) is 1. The van der Waals surface area contributed by atoms with Crippen LogP contribution < -0.4 is 32.3 Å². The highest BCUT2D eigenvalue weighted by Crippen LogP contribution is 2.13. The van der Waals surface area contributed by atoms with Crippen molar-refractivity contribution in [1.82, 2.24) is 26.6 Å². The second-order valence-electron chi connectivity index (χ2n) is 10.8. The van der Waals surface area contributed by atoms with E-state index >= 15 is 0 Å². The lowest BCUT2D eigenvalue weighted by atomic mass is 10.0. The standard InChI is InChI=1S/C28H43N9O8/c1-16(2)12-21(34-23(39)14-32-37-30)27(44)36-22(13-18-7-9-19(38)10-8-18)28(45)35-20(6-4-5-11-29)26(43)33-17(3)25(42)31-15-24(40)41/h7-10,16-17,20-22,38H,4-6,11-15,29H2,1-3H3,(H,31,42)(H,33,43)(H,34,39)(H,35,45)(H,36,44)(H,40,41)/t17-,20-,21-,22-/m0/s1. The number of aromatic hydroxyl groups is 1. The van der Waals surface area contributed by atoms with Crippen molar-refractivity contribution in [2.45, 2.75) is 77.0 Å². The maximum Gasteiger partial charge on any atom is 0.322 e. The van der Waals surface area contributed by atoms with Gasteiger partial charge in [0.1, 0.15) is 43.0 Å². The van der Waals surface area contributed by atoms with Crippen LogP contribution >= 0.6 is 0 Å². The van der Waals surface area contributed by atoms with Gasteiger partial charge in [-0.05, 0) is 68.3 Å². The molecule has 0 aliphatic heterocycles. The highest BCUT2D eigenvalue weighted by molar-refractivity contribution is 5.96. The van der Waals surface area contributed by atoms with E-state index in [0.29, 0.717) is 24.9 Å². The summed E-state index contributed by atoms with van der Waals surface area (Å²) in [5.41, 5.74) is 14.7. The van der Waals surface area contributed by atoms with E-state index in [1.165, 1.54) is 19.1 Å². The Labute approximate surface area is 260 Å². The smallest absolute Gasteiger partial charge is 0.322 e. The fraction of sp³-hybridized carbons (Fsp3) is 0.571. The van der Waals surface area contributed by atoms with Crippen LogP contribution in [0.2, 0.25) is 0 Å². The molecule has 0 radical (unpaired) electrons. The van der Waals surface area contributed by atoms with Gasteiger partial charge in [-0.3, -0.25) is 28.8 Å². The summed E-state index contributed by atoms with van der Waals surface area (Å²) in [7, 11) is 0. The second kappa shape index (κ2) is 20.1. The van der Waals surface area contributed by atoms with Gasteiger partial charge in [-0.25, -0.2) is 0 Å². The molecule has 0 spiro atoms. The predicted octanol–water partition coefficient (Wildman–Crippen LogP) is -0.420. The molecule has 17 nitrogen and oxygen atoms in total. The van der Waals surface area contributed by atoms with Crippen molar-refractivity contribution >= 4 is 35.5 Å². The average Bonchev–Trinajstić information content (AvgIpc) is 2.98. The second-order valence-corrected chi connectivity index (χ2v) is 10.8. The van der Waals surface area contributed by atoms with E-state index in [2.05, 4.69) is 36.6 Å². The number of carbonyl (C=O) groups excluding carboxylic acids is 5. The Morgan fingerprint density at radius 3 is 2.04 bits per heavy atom. The van der Waals surface area contributed by atoms with Gasteiger partial charge in [0, 0.05) is 11.3 Å². The maximum absolute atomic E-state index is 13.6. The number of nitrogens with zero attached hydrogens (tertiary/aromatic N) is 3. The van der Waals surface area contributed by atoms with E-state index in [4.69, 9.17) is 16.4 Å². The Morgan fingerprint density at radius 2 is 1.47 bits per heavy atom. The number of hydrogen-bond acceptors (Lipinski definition) is 9. The van der Waals surface area contributed by atoms with Gasteiger partial charge in [0.05, 0.1) is 0 Å². The van der Waals surface area contributed by atoms with Crippen molar-refractivity contribution in [3.05, 3.63) is 40.3 Å². The van der Waals surface area contributed by atoms with Crippen molar-refractivity contribution in [2.75, 3.05) is 19.6 Å². The highest BCUT2D eigenvalue weighted by atomic mass is 16.4. The molecule has 0 fully saturated rings. The number of benzene rings is 1. The molecule has 0 saturated carbocycles. The van der Waals surface area contributed by atoms with Crippen LogP contribution in [0, 0.1) is 5.92 Å². The van der Waals surface area contributed by atoms with Gasteiger partial charge in [0.25, 0.3) is 0 Å². The molecular formula is C28H43N9O8. The number of phenols is 1. The zero-order chi connectivity index (χ0) is 33.9. The fourth-order valence-corrected chi connectivity index (χ4v) is 4.12. The third-order valence-corrected chi connectivity index (χ3v) is 6.39. The molecule has 0 aromatic heterocycles. The lowest BCUT2D eigenvalue weighted by molar-refractivity contribution is -0.138. The summed E-state index contributed by atoms with van der Waals surface area (Å²) in [6, 6.07) is 1.34. The number of carbonyl (C=O) groups is 6. The number of nitrogens with two attached hydrogens (primary N) is 1. The molecule has 0 aliphatic rings. The minimum Gasteiger partial charge on any atom is -0.508 e. The van der Waals surface area contributed by atoms with Crippen molar-refractivity contribution in [3.63, 3.8) is 0 Å². The normalized spacial score (nSPS) is 13.3. The summed E-state index contributed by atoms with van der Waals surface area (Å²) in [4.78, 5) is 77.9. The van der Waals surface area contributed by atoms with Gasteiger partial charge in [0.2, 0.25) is 29.5 Å². The van der Waals surface area contributed by atoms with E-state index in [1.807, 2.05) is 13.8 Å². The van der Waals surface area contributed by atoms with Gasteiger partial charge in [-0.15, -0.1) is 0 Å². The first-order valence-electron chi connectivity index (χ1n) is 14.5. The van der Waals surface area contributed by atoms with Gasteiger partial charge in [0.15, 0.2) is 0 Å². The van der Waals surface area contributed by atoms with Crippen LogP contribution in [0.5, 0.6) is 5.75 Å². The maximum atomic E-state index is 13.6. The summed E-state index contributed by atoms with van der Waals surface area (Å²) in [6.07, 6.45) is 1.27. The number of hydrogen-bond donors (Lipinski definition) is 8. The Morgan fingerprint density at radius 1 is 0.867 bits per heavy atom. The Kier molecular flexibility index (Phi) is 17.1. The minimum absolute atomic E-state index is 0.0123. The number of aliphatic carboxylic acids is 1. The Hall–Kier alpha value is -4.89. The van der Waals surface area contributed by atoms with Crippen molar-refractivity contribution < 1.29 is 39.0 Å². The molecule has 0 bridgehead atoms. The van der Waals surface area contributed by atoms with Crippen LogP contribution in [0.4, 0.5) is 0 Å². The molecular weight excluding hydrogens is 590 g/mol. The third kappa shape index (κ3) is 15.4. The SMILES string of the molecule is CC(C)C[C@H](NC(=O)CN=[N+]=[N-])C(=O)N[C@@H](Cc1ccc(O)cc1)C(=O)N[C@@H](CCCCN)C(=O)N[C@@H](C)C(=O)NCC(=O)O. The topological polar surface area (TPSA) is 278 Å². The molecule has 0 unspecified atom stereocenters. The molecule has 248 valence electrons. The molecule has 17 heteroatoms. The zero-order valence-electron chi connectivity index (χ0n) is 25.6. The summed E-state index contributed by atoms with van der Waals surface area (Å²) in [6.45, 7) is 4.17. The first kappa shape index (κ1) is 38.1. The summed E-state index contributed by atoms with van der Waals surface area (Å²) >= 11 is 0. The first-order chi connectivity index (χ1) is 21.3. The number of amides is 5. The molecule has 0 heterocycles. The summed E-state index contributed by atoms with van der Waals surface area (Å²) in [5.74, 6) is -4.89. The van der Waals surface area contributed by atoms with Gasteiger partial charge < -0.3 is 42.5 Å². The molecule has 45 heavy (non-hydrogen) atoms. The third-order valence-electron chi connectivity index (χ3n) is 6.39. The van der Waals surface area contributed by atoms with E-state index in [9.17, 15) is 33.9 Å². The molecule has 1 rings (SSSR count). The molecule has 0 aliphatic carbocycles. The average molecular weight is 634 g/mol. The molecule has 1 aromatic carbocycles. The largest absolute Gasteiger partial charge is 0.508 e. The number of phenolic OH excluding ortho intramolecular Hbond substituents is 1. The van der Waals surface area contributed by atoms with Gasteiger partial charge in [-0.1, -0.05) is 31.1 Å². The van der Waals surface area contributed by atoms with Crippen LogP contribution in [0.1, 0.15) is 52.0 Å². The monoisotopic (exact) mass is 633 g/mol. The van der Waals surface area contributed by atoms with Crippen LogP contribution in [0.25, 0.3) is 10.4 Å². The van der Waals surface area contributed by atoms with Gasteiger partial charge in [-0.2, -0.15) is 0 Å².